The molecule has 0 spiro atoms. The van der Waals surface area contributed by atoms with Crippen molar-refractivity contribution < 1.29 is 9.13 Å². The fourth-order valence-electron chi connectivity index (χ4n) is 1.90. The molecule has 112 valence electrons. The highest BCUT2D eigenvalue weighted by Gasteiger charge is 2.08. The van der Waals surface area contributed by atoms with Gasteiger partial charge in [-0.05, 0) is 26.0 Å². The molecule has 0 saturated heterocycles. The fourth-order valence-corrected chi connectivity index (χ4v) is 2.10. The topological polar surface area (TPSA) is 34.1 Å². The third kappa shape index (κ3) is 4.41. The van der Waals surface area contributed by atoms with Crippen LogP contribution in [0.15, 0.2) is 36.5 Å². The van der Waals surface area contributed by atoms with Gasteiger partial charge < -0.3 is 10.1 Å². The molecular weight excluding hydrogens is 291 g/mol. The van der Waals surface area contributed by atoms with Crippen LogP contribution >= 0.6 is 11.6 Å². The van der Waals surface area contributed by atoms with Gasteiger partial charge in [0.15, 0.2) is 0 Å². The summed E-state index contributed by atoms with van der Waals surface area (Å²) in [6, 6.07) is 8.77. The monoisotopic (exact) mass is 308 g/mol. The molecule has 0 aliphatic carbocycles. The van der Waals surface area contributed by atoms with Gasteiger partial charge in [-0.15, -0.1) is 0 Å². The zero-order valence-corrected chi connectivity index (χ0v) is 12.8. The molecule has 1 N–H and O–H groups in total. The van der Waals surface area contributed by atoms with E-state index in [0.717, 1.165) is 5.56 Å². The van der Waals surface area contributed by atoms with E-state index in [1.54, 1.807) is 18.3 Å². The zero-order valence-electron chi connectivity index (χ0n) is 12.1. The predicted molar refractivity (Wildman–Crippen MR) is 82.0 cm³/mol. The van der Waals surface area contributed by atoms with Crippen molar-refractivity contribution in [1.82, 2.24) is 10.3 Å². The van der Waals surface area contributed by atoms with E-state index >= 15 is 0 Å². The number of hydrogen-bond donors (Lipinski definition) is 1. The van der Waals surface area contributed by atoms with Crippen molar-refractivity contribution in [3.05, 3.63) is 58.5 Å². The van der Waals surface area contributed by atoms with Gasteiger partial charge in [0.1, 0.15) is 5.82 Å². The number of benzene rings is 1. The maximum absolute atomic E-state index is 13.8. The lowest BCUT2D eigenvalue weighted by molar-refractivity contribution is 0.229. The number of hydrogen-bond acceptors (Lipinski definition) is 3. The summed E-state index contributed by atoms with van der Waals surface area (Å²) in [7, 11) is 0. The average Bonchev–Trinajstić information content (AvgIpc) is 2.45. The van der Waals surface area contributed by atoms with Crippen molar-refractivity contribution in [2.24, 2.45) is 0 Å². The molecule has 2 rings (SSSR count). The van der Waals surface area contributed by atoms with Crippen LogP contribution in [0.3, 0.4) is 0 Å². The Kier molecular flexibility index (Phi) is 5.53. The number of halogens is 2. The number of nitrogens with zero attached hydrogens (tertiary/aromatic N) is 1. The van der Waals surface area contributed by atoms with E-state index in [2.05, 4.69) is 10.3 Å². The second-order valence-electron chi connectivity index (χ2n) is 4.95. The molecule has 0 bridgehead atoms. The van der Waals surface area contributed by atoms with E-state index in [9.17, 15) is 4.39 Å². The van der Waals surface area contributed by atoms with Crippen molar-refractivity contribution >= 4 is 11.6 Å². The van der Waals surface area contributed by atoms with Gasteiger partial charge in [0, 0.05) is 30.4 Å². The Bertz CT molecular complexity index is 605. The first kappa shape index (κ1) is 15.7. The Balaban J connectivity index is 1.99. The maximum atomic E-state index is 13.8. The molecule has 0 saturated carbocycles. The molecule has 0 amide bonds. The molecule has 0 radical (unpaired) electrons. The summed E-state index contributed by atoms with van der Waals surface area (Å²) < 4.78 is 19.4. The van der Waals surface area contributed by atoms with Crippen molar-refractivity contribution in [2.75, 3.05) is 0 Å². The Labute approximate surface area is 129 Å². The second kappa shape index (κ2) is 7.38. The lowest BCUT2D eigenvalue weighted by atomic mass is 10.2. The molecule has 3 nitrogen and oxygen atoms in total. The molecule has 0 atom stereocenters. The SMILES string of the molecule is CC(C)Oc1ncccc1CNCc1cccc(Cl)c1F. The van der Waals surface area contributed by atoms with Crippen LogP contribution in [-0.2, 0) is 13.1 Å². The largest absolute Gasteiger partial charge is 0.475 e. The summed E-state index contributed by atoms with van der Waals surface area (Å²) >= 11 is 5.76. The van der Waals surface area contributed by atoms with Crippen molar-refractivity contribution in [3.8, 4) is 5.88 Å². The van der Waals surface area contributed by atoms with Crippen LogP contribution in [0.1, 0.15) is 25.0 Å². The summed E-state index contributed by atoms with van der Waals surface area (Å²) in [5.74, 6) is 0.225. The molecule has 0 aliphatic heterocycles. The van der Waals surface area contributed by atoms with Crippen molar-refractivity contribution in [3.63, 3.8) is 0 Å². The van der Waals surface area contributed by atoms with Gasteiger partial charge in [0.25, 0.3) is 0 Å². The predicted octanol–water partition coefficient (Wildman–Crippen LogP) is 3.95. The Morgan fingerprint density at radius 2 is 1.90 bits per heavy atom. The number of pyridine rings is 1. The standard InChI is InChI=1S/C16H18ClFN2O/c1-11(2)21-16-13(6-4-8-20-16)10-19-9-12-5-3-7-14(17)15(12)18/h3-8,11,19H,9-10H2,1-2H3. The van der Waals surface area contributed by atoms with Crippen LogP contribution < -0.4 is 10.1 Å². The molecule has 1 heterocycles. The van der Waals surface area contributed by atoms with Crippen LogP contribution in [-0.4, -0.2) is 11.1 Å². The molecule has 0 fully saturated rings. The lowest BCUT2D eigenvalue weighted by Crippen LogP contribution is -2.16. The van der Waals surface area contributed by atoms with E-state index in [0.29, 0.717) is 24.5 Å². The summed E-state index contributed by atoms with van der Waals surface area (Å²) in [4.78, 5) is 4.22. The highest BCUT2D eigenvalue weighted by molar-refractivity contribution is 6.30. The number of nitrogens with one attached hydrogen (secondary N) is 1. The van der Waals surface area contributed by atoms with Gasteiger partial charge >= 0.3 is 0 Å². The van der Waals surface area contributed by atoms with Gasteiger partial charge in [-0.25, -0.2) is 9.37 Å². The van der Waals surface area contributed by atoms with E-state index in [-0.39, 0.29) is 16.9 Å². The number of aromatic nitrogens is 1. The van der Waals surface area contributed by atoms with E-state index in [1.165, 1.54) is 6.07 Å². The minimum Gasteiger partial charge on any atom is -0.475 e. The third-order valence-electron chi connectivity index (χ3n) is 2.86. The first-order valence-corrected chi connectivity index (χ1v) is 7.20. The molecule has 21 heavy (non-hydrogen) atoms. The highest BCUT2D eigenvalue weighted by atomic mass is 35.5. The van der Waals surface area contributed by atoms with Crippen LogP contribution in [0.5, 0.6) is 5.88 Å². The Morgan fingerprint density at radius 3 is 2.67 bits per heavy atom. The fraction of sp³-hybridized carbons (Fsp3) is 0.312. The van der Waals surface area contributed by atoms with E-state index in [1.807, 2.05) is 26.0 Å². The summed E-state index contributed by atoms with van der Waals surface area (Å²) in [5, 5.41) is 3.32. The van der Waals surface area contributed by atoms with Crippen LogP contribution in [0.4, 0.5) is 4.39 Å². The minimum atomic E-state index is -0.378. The van der Waals surface area contributed by atoms with E-state index < -0.39 is 0 Å². The van der Waals surface area contributed by atoms with Crippen LogP contribution in [0.25, 0.3) is 0 Å². The first-order chi connectivity index (χ1) is 10.1. The summed E-state index contributed by atoms with van der Waals surface area (Å²) in [6.45, 7) is 4.84. The van der Waals surface area contributed by atoms with Gasteiger partial charge in [-0.2, -0.15) is 0 Å². The number of ether oxygens (including phenoxy) is 1. The molecule has 0 aliphatic rings. The van der Waals surface area contributed by atoms with E-state index in [4.69, 9.17) is 16.3 Å². The average molecular weight is 309 g/mol. The first-order valence-electron chi connectivity index (χ1n) is 6.82. The lowest BCUT2D eigenvalue weighted by Gasteiger charge is -2.13. The molecular formula is C16H18ClFN2O. The molecule has 1 aromatic carbocycles. The molecule has 1 aromatic heterocycles. The molecule has 2 aromatic rings. The van der Waals surface area contributed by atoms with Crippen LogP contribution in [0.2, 0.25) is 5.02 Å². The Hall–Kier alpha value is -1.65. The van der Waals surface area contributed by atoms with Gasteiger partial charge in [-0.1, -0.05) is 29.8 Å². The maximum Gasteiger partial charge on any atom is 0.218 e. The number of rotatable bonds is 6. The Morgan fingerprint density at radius 1 is 1.19 bits per heavy atom. The quantitative estimate of drug-likeness (QED) is 0.877. The normalized spacial score (nSPS) is 10.9. The van der Waals surface area contributed by atoms with Crippen molar-refractivity contribution in [1.29, 1.82) is 0 Å². The van der Waals surface area contributed by atoms with Crippen LogP contribution in [0, 0.1) is 5.82 Å². The zero-order chi connectivity index (χ0) is 15.2. The van der Waals surface area contributed by atoms with Gasteiger partial charge in [0.05, 0.1) is 11.1 Å². The molecule has 0 unspecified atom stereocenters. The molecule has 5 heteroatoms. The highest BCUT2D eigenvalue weighted by Crippen LogP contribution is 2.19. The van der Waals surface area contributed by atoms with Gasteiger partial charge in [0.2, 0.25) is 5.88 Å². The second-order valence-corrected chi connectivity index (χ2v) is 5.36. The van der Waals surface area contributed by atoms with Gasteiger partial charge in [-0.3, -0.25) is 0 Å². The smallest absolute Gasteiger partial charge is 0.218 e. The minimum absolute atomic E-state index is 0.0593. The summed E-state index contributed by atoms with van der Waals surface area (Å²) in [6.07, 6.45) is 1.75. The third-order valence-corrected chi connectivity index (χ3v) is 3.15. The van der Waals surface area contributed by atoms with Crippen molar-refractivity contribution in [2.45, 2.75) is 33.0 Å². The summed E-state index contributed by atoms with van der Waals surface area (Å²) in [5.41, 5.74) is 1.48.